The van der Waals surface area contributed by atoms with Crippen molar-refractivity contribution in [2.75, 3.05) is 10.8 Å². The Morgan fingerprint density at radius 3 is 1.98 bits per heavy atom. The van der Waals surface area contributed by atoms with Gasteiger partial charge in [0.1, 0.15) is 18.4 Å². The lowest BCUT2D eigenvalue weighted by Gasteiger charge is -2.35. The SMILES string of the molecule is CC(C)(C)NC(=O)[C@@H](Cc1ccccc1)N(Cc1ccc(F)cc1)C(=O)CN(c1cc(C(F)(F)F)ccc1Cl)S(=O)(=O)c1ccccc1. The minimum atomic E-state index is -4.86. The van der Waals surface area contributed by atoms with Gasteiger partial charge >= 0.3 is 6.18 Å². The molecule has 0 saturated carbocycles. The van der Waals surface area contributed by atoms with Gasteiger partial charge in [-0.05, 0) is 74.4 Å². The molecule has 1 N–H and O–H groups in total. The predicted octanol–water partition coefficient (Wildman–Crippen LogP) is 7.25. The molecule has 0 aliphatic carbocycles. The van der Waals surface area contributed by atoms with Gasteiger partial charge in [0.05, 0.1) is 21.2 Å². The lowest BCUT2D eigenvalue weighted by atomic mass is 10.0. The Labute approximate surface area is 282 Å². The molecule has 0 bridgehead atoms. The van der Waals surface area contributed by atoms with Crippen molar-refractivity contribution in [2.45, 2.75) is 56.4 Å². The fourth-order valence-corrected chi connectivity index (χ4v) is 6.62. The molecule has 13 heteroatoms. The van der Waals surface area contributed by atoms with Crippen LogP contribution in [0.25, 0.3) is 0 Å². The molecule has 0 aliphatic heterocycles. The van der Waals surface area contributed by atoms with Crippen molar-refractivity contribution in [3.8, 4) is 0 Å². The molecule has 0 radical (unpaired) electrons. The first-order valence-corrected chi connectivity index (χ1v) is 16.6. The van der Waals surface area contributed by atoms with Crippen LogP contribution in [-0.2, 0) is 38.8 Å². The van der Waals surface area contributed by atoms with Gasteiger partial charge in [0.25, 0.3) is 10.0 Å². The number of rotatable bonds is 11. The molecule has 7 nitrogen and oxygen atoms in total. The van der Waals surface area contributed by atoms with Crippen LogP contribution in [0.1, 0.15) is 37.5 Å². The fourth-order valence-electron chi connectivity index (χ4n) is 4.91. The van der Waals surface area contributed by atoms with Crippen molar-refractivity contribution >= 4 is 39.1 Å². The van der Waals surface area contributed by atoms with Crippen molar-refractivity contribution in [3.05, 3.63) is 131 Å². The average molecular weight is 704 g/mol. The van der Waals surface area contributed by atoms with Crippen molar-refractivity contribution in [2.24, 2.45) is 0 Å². The number of hydrogen-bond acceptors (Lipinski definition) is 4. The largest absolute Gasteiger partial charge is 0.416 e. The number of nitrogens with zero attached hydrogens (tertiary/aromatic N) is 2. The van der Waals surface area contributed by atoms with E-state index in [-0.39, 0.29) is 22.9 Å². The zero-order valence-corrected chi connectivity index (χ0v) is 27.9. The first-order chi connectivity index (χ1) is 22.5. The quantitative estimate of drug-likeness (QED) is 0.167. The van der Waals surface area contributed by atoms with E-state index in [9.17, 15) is 35.6 Å². The van der Waals surface area contributed by atoms with Crippen LogP contribution in [0, 0.1) is 5.82 Å². The third-order valence-corrected chi connectivity index (χ3v) is 9.28. The van der Waals surface area contributed by atoms with E-state index in [4.69, 9.17) is 11.6 Å². The van der Waals surface area contributed by atoms with Gasteiger partial charge in [-0.2, -0.15) is 13.2 Å². The average Bonchev–Trinajstić information content (AvgIpc) is 3.02. The van der Waals surface area contributed by atoms with Crippen LogP contribution in [0.4, 0.5) is 23.2 Å². The molecule has 0 unspecified atom stereocenters. The Morgan fingerprint density at radius 2 is 1.42 bits per heavy atom. The second kappa shape index (κ2) is 14.8. The van der Waals surface area contributed by atoms with Crippen LogP contribution < -0.4 is 9.62 Å². The molecule has 0 aliphatic rings. The molecule has 1 atom stereocenters. The minimum Gasteiger partial charge on any atom is -0.350 e. The van der Waals surface area contributed by atoms with Crippen LogP contribution in [0.2, 0.25) is 5.02 Å². The van der Waals surface area contributed by atoms with E-state index in [1.807, 2.05) is 0 Å². The maximum absolute atomic E-state index is 14.5. The second-order valence-corrected chi connectivity index (χ2v) is 14.4. The molecule has 4 aromatic rings. The first kappa shape index (κ1) is 36.4. The molecule has 2 amide bonds. The minimum absolute atomic E-state index is 0.00540. The van der Waals surface area contributed by atoms with Crippen molar-refractivity contribution in [1.29, 1.82) is 0 Å². The maximum Gasteiger partial charge on any atom is 0.416 e. The summed E-state index contributed by atoms with van der Waals surface area (Å²) < 4.78 is 84.0. The summed E-state index contributed by atoms with van der Waals surface area (Å²) in [6.07, 6.45) is -4.85. The van der Waals surface area contributed by atoms with Crippen LogP contribution in [0.3, 0.4) is 0 Å². The van der Waals surface area contributed by atoms with Crippen LogP contribution in [0.15, 0.2) is 108 Å². The lowest BCUT2D eigenvalue weighted by Crippen LogP contribution is -2.56. The summed E-state index contributed by atoms with van der Waals surface area (Å²) in [7, 11) is -4.70. The number of carbonyl (C=O) groups excluding carboxylic acids is 2. The number of amides is 2. The second-order valence-electron chi connectivity index (χ2n) is 12.1. The van der Waals surface area contributed by atoms with Gasteiger partial charge in [-0.3, -0.25) is 13.9 Å². The first-order valence-electron chi connectivity index (χ1n) is 14.8. The summed E-state index contributed by atoms with van der Waals surface area (Å²) in [5.74, 6) is -2.02. The molecule has 0 aromatic heterocycles. The number of sulfonamides is 1. The molecule has 0 fully saturated rings. The van der Waals surface area contributed by atoms with E-state index >= 15 is 0 Å². The topological polar surface area (TPSA) is 86.8 Å². The highest BCUT2D eigenvalue weighted by Gasteiger charge is 2.38. The molecule has 48 heavy (non-hydrogen) atoms. The fraction of sp³-hybridized carbons (Fsp3) is 0.257. The number of benzene rings is 4. The Kier molecular flexibility index (Phi) is 11.2. The maximum atomic E-state index is 14.5. The Balaban J connectivity index is 1.88. The Bertz CT molecular complexity index is 1830. The monoisotopic (exact) mass is 703 g/mol. The Morgan fingerprint density at radius 1 is 0.833 bits per heavy atom. The van der Waals surface area contributed by atoms with Gasteiger partial charge in [0.2, 0.25) is 11.8 Å². The molecule has 0 heterocycles. The van der Waals surface area contributed by atoms with Crippen molar-refractivity contribution in [1.82, 2.24) is 10.2 Å². The van der Waals surface area contributed by atoms with Gasteiger partial charge in [0.15, 0.2) is 0 Å². The predicted molar refractivity (Wildman–Crippen MR) is 176 cm³/mol. The summed E-state index contributed by atoms with van der Waals surface area (Å²) in [5.41, 5.74) is -1.40. The summed E-state index contributed by atoms with van der Waals surface area (Å²) in [6, 6.07) is 21.8. The van der Waals surface area contributed by atoms with Gasteiger partial charge in [-0.15, -0.1) is 0 Å². The molecular formula is C35H34ClF4N3O4S. The van der Waals surface area contributed by atoms with Gasteiger partial charge < -0.3 is 10.2 Å². The lowest BCUT2D eigenvalue weighted by molar-refractivity contribution is -0.140. The van der Waals surface area contributed by atoms with Crippen molar-refractivity contribution < 1.29 is 35.6 Å². The van der Waals surface area contributed by atoms with Gasteiger partial charge in [-0.25, -0.2) is 12.8 Å². The van der Waals surface area contributed by atoms with Gasteiger partial charge in [0, 0.05) is 18.5 Å². The summed E-state index contributed by atoms with van der Waals surface area (Å²) in [6.45, 7) is 3.97. The summed E-state index contributed by atoms with van der Waals surface area (Å²) in [5, 5.41) is 2.52. The number of nitrogens with one attached hydrogen (secondary N) is 1. The number of halogens is 5. The zero-order valence-electron chi connectivity index (χ0n) is 26.3. The summed E-state index contributed by atoms with van der Waals surface area (Å²) >= 11 is 6.34. The van der Waals surface area contributed by atoms with E-state index in [0.29, 0.717) is 27.6 Å². The molecule has 4 aromatic carbocycles. The van der Waals surface area contributed by atoms with E-state index in [2.05, 4.69) is 5.32 Å². The molecule has 0 spiro atoms. The highest BCUT2D eigenvalue weighted by atomic mass is 35.5. The molecule has 254 valence electrons. The van der Waals surface area contributed by atoms with Crippen LogP contribution >= 0.6 is 11.6 Å². The van der Waals surface area contributed by atoms with Crippen LogP contribution in [-0.4, -0.2) is 43.3 Å². The highest BCUT2D eigenvalue weighted by molar-refractivity contribution is 7.92. The highest BCUT2D eigenvalue weighted by Crippen LogP contribution is 2.37. The summed E-state index contributed by atoms with van der Waals surface area (Å²) in [4.78, 5) is 29.2. The number of alkyl halides is 3. The third-order valence-electron chi connectivity index (χ3n) is 7.19. The smallest absolute Gasteiger partial charge is 0.350 e. The van der Waals surface area contributed by atoms with E-state index in [0.717, 1.165) is 11.0 Å². The third kappa shape index (κ3) is 9.35. The normalized spacial score (nSPS) is 12.7. The van der Waals surface area contributed by atoms with Crippen molar-refractivity contribution in [3.63, 3.8) is 0 Å². The standard InChI is InChI=1S/C35H34ClF4N3O4S/c1-34(2,3)41-33(45)31(20-24-10-6-4-7-11-24)42(22-25-14-17-27(37)18-15-25)32(44)23-43(48(46,47)28-12-8-5-9-13-28)30-21-26(35(38,39)40)16-19-29(30)36/h4-19,21,31H,20,22-23H2,1-3H3,(H,41,45)/t31-/m1/s1. The van der Waals surface area contributed by atoms with Gasteiger partial charge in [-0.1, -0.05) is 72.3 Å². The van der Waals surface area contributed by atoms with E-state index < -0.39 is 63.2 Å². The molecular weight excluding hydrogens is 670 g/mol. The molecule has 4 rings (SSSR count). The van der Waals surface area contributed by atoms with E-state index in [1.54, 1.807) is 57.2 Å². The van der Waals surface area contributed by atoms with Crippen LogP contribution in [0.5, 0.6) is 0 Å². The number of carbonyl (C=O) groups is 2. The Hall–Kier alpha value is -4.42. The number of hydrogen-bond donors (Lipinski definition) is 1. The zero-order chi connectivity index (χ0) is 35.3. The number of anilines is 1. The molecule has 0 saturated heterocycles. The van der Waals surface area contributed by atoms with E-state index in [1.165, 1.54) is 48.5 Å².